The van der Waals surface area contributed by atoms with Gasteiger partial charge in [0.05, 0.1) is 11.6 Å². The van der Waals surface area contributed by atoms with E-state index in [1.54, 1.807) is 55.5 Å². The monoisotopic (exact) mass is 475 g/mol. The van der Waals surface area contributed by atoms with Crippen LogP contribution in [0.15, 0.2) is 78.9 Å². The molecule has 1 N–H and O–H groups in total. The molecule has 0 bridgehead atoms. The van der Waals surface area contributed by atoms with Gasteiger partial charge < -0.3 is 19.5 Å². The highest BCUT2D eigenvalue weighted by Crippen LogP contribution is 2.27. The van der Waals surface area contributed by atoms with Gasteiger partial charge in [-0.1, -0.05) is 54.6 Å². The molecule has 3 rings (SSSR count). The number of carbonyl (C=O) groups excluding carboxylic acids is 4. The molecule has 0 heterocycles. The van der Waals surface area contributed by atoms with Crippen LogP contribution in [0.2, 0.25) is 0 Å². The van der Waals surface area contributed by atoms with Crippen molar-refractivity contribution in [2.75, 3.05) is 0 Å². The van der Waals surface area contributed by atoms with E-state index in [9.17, 15) is 19.2 Å². The lowest BCUT2D eigenvalue weighted by atomic mass is 10.0. The molecule has 0 aliphatic carbocycles. The van der Waals surface area contributed by atoms with Gasteiger partial charge in [0.2, 0.25) is 0 Å². The van der Waals surface area contributed by atoms with Crippen molar-refractivity contribution in [3.63, 3.8) is 0 Å². The topological polar surface area (TPSA) is 108 Å². The molecule has 3 aromatic carbocycles. The summed E-state index contributed by atoms with van der Waals surface area (Å²) in [7, 11) is 0. The summed E-state index contributed by atoms with van der Waals surface area (Å²) in [6, 6.07) is 20.8. The minimum absolute atomic E-state index is 0.0716. The summed E-state index contributed by atoms with van der Waals surface area (Å²) in [5.41, 5.74) is 0.877. The van der Waals surface area contributed by atoms with Gasteiger partial charge in [0, 0.05) is 13.8 Å². The normalized spacial score (nSPS) is 12.1. The number of esters is 3. The Hall–Kier alpha value is -4.46. The van der Waals surface area contributed by atoms with Crippen molar-refractivity contribution in [1.82, 2.24) is 5.32 Å². The average Bonchev–Trinajstić information content (AvgIpc) is 2.82. The molecule has 1 amide bonds. The Morgan fingerprint density at radius 3 is 1.74 bits per heavy atom. The van der Waals surface area contributed by atoms with Crippen LogP contribution >= 0.6 is 0 Å². The first kappa shape index (κ1) is 25.2. The Labute approximate surface area is 202 Å². The van der Waals surface area contributed by atoms with Crippen LogP contribution in [0.5, 0.6) is 11.5 Å². The number of para-hydroxylation sites is 2. The summed E-state index contributed by atoms with van der Waals surface area (Å²) in [4.78, 5) is 49.0. The number of hydrogen-bond donors (Lipinski definition) is 1. The minimum Gasteiger partial charge on any atom is -0.452 e. The van der Waals surface area contributed by atoms with Crippen molar-refractivity contribution in [3.8, 4) is 11.5 Å². The third-order valence-electron chi connectivity index (χ3n) is 4.92. The number of ether oxygens (including phenoxy) is 3. The standard InChI is InChI=1S/C27H25NO7/c1-17(28-26(31)21-13-7-9-15-23(21)33-18(2)29)25(20-11-5-4-6-12-20)35-27(32)22-14-8-10-16-24(22)34-19(3)30/h4-17,25H,1-3H3,(H,28,31). The summed E-state index contributed by atoms with van der Waals surface area (Å²) in [5.74, 6) is -2.17. The molecule has 0 aromatic heterocycles. The lowest BCUT2D eigenvalue weighted by Gasteiger charge is -2.26. The van der Waals surface area contributed by atoms with Crippen LogP contribution in [0.3, 0.4) is 0 Å². The van der Waals surface area contributed by atoms with Crippen LogP contribution < -0.4 is 14.8 Å². The molecule has 0 aliphatic rings. The third kappa shape index (κ3) is 6.77. The second kappa shape index (κ2) is 11.6. The summed E-state index contributed by atoms with van der Waals surface area (Å²) < 4.78 is 16.1. The Morgan fingerprint density at radius 1 is 0.686 bits per heavy atom. The van der Waals surface area contributed by atoms with E-state index >= 15 is 0 Å². The first-order chi connectivity index (χ1) is 16.8. The van der Waals surface area contributed by atoms with Gasteiger partial charge in [-0.3, -0.25) is 14.4 Å². The third-order valence-corrected chi connectivity index (χ3v) is 4.92. The van der Waals surface area contributed by atoms with E-state index in [2.05, 4.69) is 5.32 Å². The van der Waals surface area contributed by atoms with Crippen molar-refractivity contribution in [3.05, 3.63) is 95.6 Å². The van der Waals surface area contributed by atoms with Gasteiger partial charge in [-0.05, 0) is 36.8 Å². The van der Waals surface area contributed by atoms with Crippen molar-refractivity contribution in [2.45, 2.75) is 32.9 Å². The Bertz CT molecular complexity index is 1220. The zero-order chi connectivity index (χ0) is 25.4. The van der Waals surface area contributed by atoms with E-state index < -0.39 is 36.0 Å². The number of rotatable bonds is 8. The van der Waals surface area contributed by atoms with Gasteiger partial charge in [0.15, 0.2) is 0 Å². The van der Waals surface area contributed by atoms with Crippen LogP contribution in [0.25, 0.3) is 0 Å². The molecule has 8 nitrogen and oxygen atoms in total. The number of nitrogens with one attached hydrogen (secondary N) is 1. The van der Waals surface area contributed by atoms with Crippen LogP contribution in [0.1, 0.15) is 53.2 Å². The van der Waals surface area contributed by atoms with Crippen LogP contribution in [-0.4, -0.2) is 29.9 Å². The second-order valence-electron chi connectivity index (χ2n) is 7.68. The van der Waals surface area contributed by atoms with Gasteiger partial charge in [-0.2, -0.15) is 0 Å². The molecule has 3 aromatic rings. The van der Waals surface area contributed by atoms with Crippen LogP contribution in [-0.2, 0) is 14.3 Å². The van der Waals surface area contributed by atoms with Gasteiger partial charge >= 0.3 is 17.9 Å². The Kier molecular flexibility index (Phi) is 8.34. The fraction of sp³-hybridized carbons (Fsp3) is 0.185. The van der Waals surface area contributed by atoms with E-state index in [-0.39, 0.29) is 22.6 Å². The molecule has 0 spiro atoms. The molecule has 8 heteroatoms. The lowest BCUT2D eigenvalue weighted by Crippen LogP contribution is -2.39. The molecular weight excluding hydrogens is 450 g/mol. The maximum atomic E-state index is 13.1. The molecule has 0 fully saturated rings. The molecule has 180 valence electrons. The van der Waals surface area contributed by atoms with Gasteiger partial charge in [-0.15, -0.1) is 0 Å². The highest BCUT2D eigenvalue weighted by molar-refractivity contribution is 5.98. The van der Waals surface area contributed by atoms with Crippen molar-refractivity contribution in [2.24, 2.45) is 0 Å². The second-order valence-corrected chi connectivity index (χ2v) is 7.68. The van der Waals surface area contributed by atoms with Crippen molar-refractivity contribution in [1.29, 1.82) is 0 Å². The first-order valence-corrected chi connectivity index (χ1v) is 10.9. The van der Waals surface area contributed by atoms with E-state index in [4.69, 9.17) is 14.2 Å². The zero-order valence-corrected chi connectivity index (χ0v) is 19.5. The SMILES string of the molecule is CC(=O)Oc1ccccc1C(=O)NC(C)C(OC(=O)c1ccccc1OC(C)=O)c1ccccc1. The summed E-state index contributed by atoms with van der Waals surface area (Å²) in [6.07, 6.45) is -0.876. The smallest absolute Gasteiger partial charge is 0.342 e. The van der Waals surface area contributed by atoms with Crippen LogP contribution in [0.4, 0.5) is 0 Å². The summed E-state index contributed by atoms with van der Waals surface area (Å²) in [6.45, 7) is 4.17. The quantitative estimate of drug-likeness (QED) is 0.383. The van der Waals surface area contributed by atoms with E-state index in [0.29, 0.717) is 5.56 Å². The minimum atomic E-state index is -0.876. The van der Waals surface area contributed by atoms with E-state index in [0.717, 1.165) is 0 Å². The van der Waals surface area contributed by atoms with Crippen molar-refractivity contribution < 1.29 is 33.4 Å². The van der Waals surface area contributed by atoms with E-state index in [1.807, 2.05) is 6.07 Å². The molecular formula is C27H25NO7. The molecule has 2 unspecified atom stereocenters. The number of carbonyl (C=O) groups is 4. The molecule has 0 saturated carbocycles. The fourth-order valence-electron chi connectivity index (χ4n) is 3.42. The highest BCUT2D eigenvalue weighted by atomic mass is 16.6. The summed E-state index contributed by atoms with van der Waals surface area (Å²) >= 11 is 0. The molecule has 0 saturated heterocycles. The van der Waals surface area contributed by atoms with Crippen molar-refractivity contribution >= 4 is 23.8 Å². The predicted octanol–water partition coefficient (Wildman–Crippen LogP) is 4.25. The maximum Gasteiger partial charge on any atom is 0.342 e. The van der Waals surface area contributed by atoms with Gasteiger partial charge in [-0.25, -0.2) is 4.79 Å². The molecule has 0 radical (unpaired) electrons. The Balaban J connectivity index is 1.86. The lowest BCUT2D eigenvalue weighted by molar-refractivity contribution is -0.132. The van der Waals surface area contributed by atoms with Gasteiger partial charge in [0.25, 0.3) is 5.91 Å². The van der Waals surface area contributed by atoms with E-state index in [1.165, 1.54) is 38.1 Å². The fourth-order valence-corrected chi connectivity index (χ4v) is 3.42. The largest absolute Gasteiger partial charge is 0.452 e. The van der Waals surface area contributed by atoms with Crippen LogP contribution in [0, 0.1) is 0 Å². The summed E-state index contributed by atoms with van der Waals surface area (Å²) in [5, 5.41) is 2.82. The van der Waals surface area contributed by atoms with Gasteiger partial charge in [0.1, 0.15) is 23.2 Å². The molecule has 35 heavy (non-hydrogen) atoms. The first-order valence-electron chi connectivity index (χ1n) is 10.9. The molecule has 0 aliphatic heterocycles. The average molecular weight is 475 g/mol. The number of benzene rings is 3. The zero-order valence-electron chi connectivity index (χ0n) is 19.5. The Morgan fingerprint density at radius 2 is 1.17 bits per heavy atom. The maximum absolute atomic E-state index is 13.1. The highest BCUT2D eigenvalue weighted by Gasteiger charge is 2.28. The molecule has 2 atom stereocenters. The number of hydrogen-bond acceptors (Lipinski definition) is 7. The predicted molar refractivity (Wildman–Crippen MR) is 127 cm³/mol. The number of amides is 1.